The highest BCUT2D eigenvalue weighted by atomic mass is 127. The standard InChI is InChI=1S/C19H40N4O2.HI/c1-5-6-11-24-13-14-25-12-9-21-19(20-4)22-15-18(3)23-10-7-8-17(2)16-23;/h17-18H,5-16H2,1-4H3,(H2,20,21,22);1H. The molecule has 0 spiro atoms. The molecule has 0 saturated carbocycles. The lowest BCUT2D eigenvalue weighted by molar-refractivity contribution is 0.0487. The zero-order valence-corrected chi connectivity index (χ0v) is 19.6. The molecule has 1 saturated heterocycles. The quantitative estimate of drug-likeness (QED) is 0.193. The molecule has 1 fully saturated rings. The van der Waals surface area contributed by atoms with Crippen LogP contribution in [0.25, 0.3) is 0 Å². The molecule has 26 heavy (non-hydrogen) atoms. The number of halogens is 1. The Hall–Kier alpha value is -0.120. The van der Waals surface area contributed by atoms with Crippen molar-refractivity contribution >= 4 is 29.9 Å². The second kappa shape index (κ2) is 17.0. The zero-order valence-electron chi connectivity index (χ0n) is 17.3. The van der Waals surface area contributed by atoms with E-state index in [0.29, 0.717) is 25.9 Å². The highest BCUT2D eigenvalue weighted by molar-refractivity contribution is 14.0. The van der Waals surface area contributed by atoms with Crippen molar-refractivity contribution in [3.63, 3.8) is 0 Å². The molecule has 0 radical (unpaired) electrons. The normalized spacial score (nSPS) is 19.7. The van der Waals surface area contributed by atoms with Crippen molar-refractivity contribution in [1.82, 2.24) is 15.5 Å². The summed E-state index contributed by atoms with van der Waals surface area (Å²) in [6, 6.07) is 0.526. The number of piperidine rings is 1. The third-order valence-electron chi connectivity index (χ3n) is 4.65. The molecule has 7 heteroatoms. The maximum atomic E-state index is 5.56. The van der Waals surface area contributed by atoms with E-state index in [-0.39, 0.29) is 24.0 Å². The van der Waals surface area contributed by atoms with Crippen molar-refractivity contribution in [3.05, 3.63) is 0 Å². The number of nitrogens with zero attached hydrogens (tertiary/aromatic N) is 2. The molecule has 1 heterocycles. The Morgan fingerprint density at radius 3 is 2.58 bits per heavy atom. The van der Waals surface area contributed by atoms with E-state index >= 15 is 0 Å². The predicted molar refractivity (Wildman–Crippen MR) is 121 cm³/mol. The Labute approximate surface area is 177 Å². The largest absolute Gasteiger partial charge is 0.379 e. The number of aliphatic imine (C=N–C) groups is 1. The van der Waals surface area contributed by atoms with Crippen molar-refractivity contribution in [1.29, 1.82) is 0 Å². The molecular formula is C19H41IN4O2. The van der Waals surface area contributed by atoms with E-state index in [4.69, 9.17) is 9.47 Å². The van der Waals surface area contributed by atoms with Crippen LogP contribution in [-0.2, 0) is 9.47 Å². The Kier molecular flexibility index (Phi) is 16.9. The summed E-state index contributed by atoms with van der Waals surface area (Å²) in [7, 11) is 1.81. The van der Waals surface area contributed by atoms with Crippen LogP contribution in [0.4, 0.5) is 0 Å². The molecule has 6 nitrogen and oxygen atoms in total. The number of guanidine groups is 1. The van der Waals surface area contributed by atoms with Gasteiger partial charge >= 0.3 is 0 Å². The van der Waals surface area contributed by atoms with Gasteiger partial charge in [0.15, 0.2) is 5.96 Å². The van der Waals surface area contributed by atoms with Gasteiger partial charge in [-0.05, 0) is 38.6 Å². The molecule has 0 aliphatic carbocycles. The smallest absolute Gasteiger partial charge is 0.191 e. The first-order chi connectivity index (χ1) is 12.2. The lowest BCUT2D eigenvalue weighted by atomic mass is 9.99. The number of likely N-dealkylation sites (tertiary alicyclic amines) is 1. The molecule has 0 aromatic rings. The first-order valence-electron chi connectivity index (χ1n) is 10.0. The molecular weight excluding hydrogens is 443 g/mol. The van der Waals surface area contributed by atoms with Crippen LogP contribution in [0.5, 0.6) is 0 Å². The lowest BCUT2D eigenvalue weighted by Gasteiger charge is -2.35. The summed E-state index contributed by atoms with van der Waals surface area (Å²) < 4.78 is 11.0. The van der Waals surface area contributed by atoms with Gasteiger partial charge in [0.05, 0.1) is 19.8 Å². The van der Waals surface area contributed by atoms with Gasteiger partial charge in [0.1, 0.15) is 0 Å². The molecule has 2 unspecified atom stereocenters. The van der Waals surface area contributed by atoms with Crippen LogP contribution in [0.2, 0.25) is 0 Å². The average Bonchev–Trinajstić information content (AvgIpc) is 2.62. The van der Waals surface area contributed by atoms with Gasteiger partial charge in [-0.25, -0.2) is 0 Å². The highest BCUT2D eigenvalue weighted by Gasteiger charge is 2.20. The van der Waals surface area contributed by atoms with E-state index in [2.05, 4.69) is 41.3 Å². The minimum absolute atomic E-state index is 0. The molecule has 2 N–H and O–H groups in total. The van der Waals surface area contributed by atoms with Crippen molar-refractivity contribution in [2.75, 3.05) is 59.7 Å². The van der Waals surface area contributed by atoms with Crippen molar-refractivity contribution in [2.24, 2.45) is 10.9 Å². The van der Waals surface area contributed by atoms with Crippen LogP contribution in [0.15, 0.2) is 4.99 Å². The summed E-state index contributed by atoms with van der Waals surface area (Å²) in [6.45, 7) is 13.7. The first kappa shape index (κ1) is 25.9. The third kappa shape index (κ3) is 12.3. The van der Waals surface area contributed by atoms with Crippen LogP contribution < -0.4 is 10.6 Å². The van der Waals surface area contributed by atoms with E-state index in [1.807, 2.05) is 7.05 Å². The molecule has 1 rings (SSSR count). The van der Waals surface area contributed by atoms with Gasteiger partial charge < -0.3 is 20.1 Å². The summed E-state index contributed by atoms with van der Waals surface area (Å²) in [5, 5.41) is 6.73. The second-order valence-corrected chi connectivity index (χ2v) is 7.05. The lowest BCUT2D eigenvalue weighted by Crippen LogP contribution is -2.48. The van der Waals surface area contributed by atoms with Crippen molar-refractivity contribution in [2.45, 2.75) is 52.5 Å². The fourth-order valence-electron chi connectivity index (χ4n) is 3.03. The van der Waals surface area contributed by atoms with Crippen molar-refractivity contribution in [3.8, 4) is 0 Å². The molecule has 2 atom stereocenters. The average molecular weight is 484 g/mol. The Morgan fingerprint density at radius 1 is 1.19 bits per heavy atom. The maximum Gasteiger partial charge on any atom is 0.191 e. The van der Waals surface area contributed by atoms with Gasteiger partial charge in [0.2, 0.25) is 0 Å². The SMILES string of the molecule is CCCCOCCOCCNC(=NC)NCC(C)N1CCCC(C)C1.I. The fourth-order valence-corrected chi connectivity index (χ4v) is 3.03. The summed E-state index contributed by atoms with van der Waals surface area (Å²) in [5.41, 5.74) is 0. The summed E-state index contributed by atoms with van der Waals surface area (Å²) in [4.78, 5) is 6.86. The van der Waals surface area contributed by atoms with E-state index in [9.17, 15) is 0 Å². The first-order valence-corrected chi connectivity index (χ1v) is 10.0. The monoisotopic (exact) mass is 484 g/mol. The summed E-state index contributed by atoms with van der Waals surface area (Å²) in [5.74, 6) is 1.66. The minimum Gasteiger partial charge on any atom is -0.379 e. The highest BCUT2D eigenvalue weighted by Crippen LogP contribution is 2.17. The molecule has 156 valence electrons. The Bertz CT molecular complexity index is 358. The molecule has 0 aromatic carbocycles. The van der Waals surface area contributed by atoms with Gasteiger partial charge in [-0.15, -0.1) is 24.0 Å². The third-order valence-corrected chi connectivity index (χ3v) is 4.65. The Balaban J connectivity index is 0.00000625. The van der Waals surface area contributed by atoms with E-state index in [1.165, 1.54) is 32.4 Å². The second-order valence-electron chi connectivity index (χ2n) is 7.05. The van der Waals surface area contributed by atoms with Crippen molar-refractivity contribution < 1.29 is 9.47 Å². The van der Waals surface area contributed by atoms with Crippen LogP contribution in [0.3, 0.4) is 0 Å². The number of rotatable bonds is 12. The number of nitrogens with one attached hydrogen (secondary N) is 2. The van der Waals surface area contributed by atoms with E-state index < -0.39 is 0 Å². The van der Waals surface area contributed by atoms with Gasteiger partial charge in [0, 0.05) is 39.3 Å². The molecule has 0 aromatic heterocycles. The summed E-state index contributed by atoms with van der Waals surface area (Å²) in [6.07, 6.45) is 4.98. The topological polar surface area (TPSA) is 58.1 Å². The minimum atomic E-state index is 0. The van der Waals surface area contributed by atoms with Gasteiger partial charge in [-0.1, -0.05) is 20.3 Å². The number of hydrogen-bond donors (Lipinski definition) is 2. The molecule has 1 aliphatic rings. The van der Waals surface area contributed by atoms with Gasteiger partial charge in [-0.2, -0.15) is 0 Å². The number of unbranched alkanes of at least 4 members (excludes halogenated alkanes) is 1. The summed E-state index contributed by atoms with van der Waals surface area (Å²) >= 11 is 0. The zero-order chi connectivity index (χ0) is 18.3. The number of ether oxygens (including phenoxy) is 2. The van der Waals surface area contributed by atoms with Crippen LogP contribution in [0, 0.1) is 5.92 Å². The number of hydrogen-bond acceptors (Lipinski definition) is 4. The maximum absolute atomic E-state index is 5.56. The fraction of sp³-hybridized carbons (Fsp3) is 0.947. The van der Waals surface area contributed by atoms with Crippen LogP contribution >= 0.6 is 24.0 Å². The molecule has 0 bridgehead atoms. The molecule has 0 amide bonds. The van der Waals surface area contributed by atoms with Gasteiger partial charge in [0.25, 0.3) is 0 Å². The predicted octanol–water partition coefficient (Wildman–Crippen LogP) is 2.72. The van der Waals surface area contributed by atoms with Crippen LogP contribution in [0.1, 0.15) is 46.5 Å². The Morgan fingerprint density at radius 2 is 1.92 bits per heavy atom. The van der Waals surface area contributed by atoms with Crippen LogP contribution in [-0.4, -0.2) is 76.6 Å². The van der Waals surface area contributed by atoms with E-state index in [0.717, 1.165) is 38.0 Å². The van der Waals surface area contributed by atoms with Gasteiger partial charge in [-0.3, -0.25) is 9.89 Å². The molecule has 1 aliphatic heterocycles. The van der Waals surface area contributed by atoms with E-state index in [1.54, 1.807) is 0 Å².